The summed E-state index contributed by atoms with van der Waals surface area (Å²) in [5.41, 5.74) is -0.841. The van der Waals surface area contributed by atoms with Gasteiger partial charge in [0.25, 0.3) is 0 Å². The lowest BCUT2D eigenvalue weighted by Crippen LogP contribution is -2.54. The molecule has 1 aliphatic carbocycles. The second kappa shape index (κ2) is 6.00. The number of morpholine rings is 1. The van der Waals surface area contributed by atoms with Crippen LogP contribution in [0.5, 0.6) is 0 Å². The van der Waals surface area contributed by atoms with E-state index in [4.69, 9.17) is 4.74 Å². The lowest BCUT2D eigenvalue weighted by molar-refractivity contribution is -0.145. The number of aliphatic carboxylic acids is 1. The topological polar surface area (TPSA) is 61.8 Å². The van der Waals surface area contributed by atoms with Gasteiger partial charge in [0.2, 0.25) is 0 Å². The van der Waals surface area contributed by atoms with Crippen molar-refractivity contribution in [3.8, 4) is 0 Å². The Bertz CT molecular complexity index is 359. The van der Waals surface area contributed by atoms with Gasteiger partial charge in [0, 0.05) is 19.1 Å². The molecule has 1 saturated carbocycles. The van der Waals surface area contributed by atoms with Gasteiger partial charge in [0.1, 0.15) is 5.54 Å². The highest BCUT2D eigenvalue weighted by Crippen LogP contribution is 2.35. The molecule has 1 heterocycles. The number of carboxylic acid groups (broad SMARTS) is 1. The average molecular weight is 284 g/mol. The summed E-state index contributed by atoms with van der Waals surface area (Å²) in [6.07, 6.45) is 3.35. The van der Waals surface area contributed by atoms with Crippen LogP contribution in [0.15, 0.2) is 0 Å². The molecule has 1 saturated heterocycles. The van der Waals surface area contributed by atoms with Crippen LogP contribution in [0.25, 0.3) is 0 Å². The van der Waals surface area contributed by atoms with Crippen molar-refractivity contribution in [3.63, 3.8) is 0 Å². The molecule has 0 aromatic heterocycles. The van der Waals surface area contributed by atoms with Gasteiger partial charge in [-0.25, -0.2) is 0 Å². The van der Waals surface area contributed by atoms with Crippen molar-refractivity contribution in [2.75, 3.05) is 26.2 Å². The van der Waals surface area contributed by atoms with Crippen LogP contribution in [0.1, 0.15) is 46.5 Å². The Morgan fingerprint density at radius 1 is 1.50 bits per heavy atom. The van der Waals surface area contributed by atoms with Crippen molar-refractivity contribution in [1.82, 2.24) is 10.2 Å². The monoisotopic (exact) mass is 284 g/mol. The maximum Gasteiger partial charge on any atom is 0.323 e. The minimum absolute atomic E-state index is 0.121. The quantitative estimate of drug-likeness (QED) is 0.800. The Hall–Kier alpha value is -0.650. The number of hydrogen-bond donors (Lipinski definition) is 2. The minimum Gasteiger partial charge on any atom is -0.480 e. The number of nitrogens with zero attached hydrogens (tertiary/aromatic N) is 1. The summed E-state index contributed by atoms with van der Waals surface area (Å²) in [5, 5.41) is 12.9. The Morgan fingerprint density at radius 2 is 2.25 bits per heavy atom. The van der Waals surface area contributed by atoms with Crippen LogP contribution in [0.4, 0.5) is 0 Å². The molecule has 0 radical (unpaired) electrons. The zero-order chi connectivity index (χ0) is 14.8. The summed E-state index contributed by atoms with van der Waals surface area (Å²) < 4.78 is 5.75. The van der Waals surface area contributed by atoms with Crippen molar-refractivity contribution in [2.45, 2.75) is 63.6 Å². The highest BCUT2D eigenvalue weighted by Gasteiger charge is 2.47. The summed E-state index contributed by atoms with van der Waals surface area (Å²) in [7, 11) is 0. The number of carbonyl (C=O) groups is 1. The molecule has 1 aliphatic heterocycles. The molecule has 0 bridgehead atoms. The normalized spacial score (nSPS) is 34.2. The maximum absolute atomic E-state index is 11.7. The molecule has 2 N–H and O–H groups in total. The molecule has 0 aromatic carbocycles. The van der Waals surface area contributed by atoms with Gasteiger partial charge in [0.15, 0.2) is 0 Å². The predicted octanol–water partition coefficient (Wildman–Crippen LogP) is 1.47. The lowest BCUT2D eigenvalue weighted by Gasteiger charge is -2.41. The molecule has 0 amide bonds. The fourth-order valence-electron chi connectivity index (χ4n) is 3.49. The van der Waals surface area contributed by atoms with Crippen LogP contribution in [-0.4, -0.2) is 59.4 Å². The Morgan fingerprint density at radius 3 is 2.85 bits per heavy atom. The van der Waals surface area contributed by atoms with Crippen LogP contribution in [-0.2, 0) is 9.53 Å². The zero-order valence-corrected chi connectivity index (χ0v) is 12.9. The Balaban J connectivity index is 2.00. The first kappa shape index (κ1) is 15.7. The van der Waals surface area contributed by atoms with Crippen LogP contribution in [0.2, 0.25) is 0 Å². The van der Waals surface area contributed by atoms with Gasteiger partial charge in [-0.05, 0) is 46.1 Å². The van der Waals surface area contributed by atoms with E-state index in [1.54, 1.807) is 0 Å². The van der Waals surface area contributed by atoms with E-state index in [2.05, 4.69) is 31.0 Å². The van der Waals surface area contributed by atoms with Gasteiger partial charge in [0.05, 0.1) is 12.2 Å². The van der Waals surface area contributed by atoms with E-state index in [1.165, 1.54) is 0 Å². The van der Waals surface area contributed by atoms with E-state index in [9.17, 15) is 9.90 Å². The molecular weight excluding hydrogens is 256 g/mol. The van der Waals surface area contributed by atoms with Gasteiger partial charge < -0.3 is 15.2 Å². The number of nitrogens with one attached hydrogen (secondary N) is 1. The van der Waals surface area contributed by atoms with E-state index in [1.807, 2.05) is 0 Å². The fraction of sp³-hybridized carbons (Fsp3) is 0.933. The maximum atomic E-state index is 11.7. The molecule has 116 valence electrons. The summed E-state index contributed by atoms with van der Waals surface area (Å²) in [6, 6.07) is 0.360. The Labute approximate surface area is 121 Å². The first-order valence-electron chi connectivity index (χ1n) is 7.75. The minimum atomic E-state index is -0.719. The van der Waals surface area contributed by atoms with Gasteiger partial charge >= 0.3 is 5.97 Å². The number of carboxylic acids is 1. The summed E-state index contributed by atoms with van der Waals surface area (Å²) in [5.74, 6) is -0.694. The van der Waals surface area contributed by atoms with Crippen molar-refractivity contribution < 1.29 is 14.6 Å². The van der Waals surface area contributed by atoms with Crippen LogP contribution < -0.4 is 5.32 Å². The summed E-state index contributed by atoms with van der Waals surface area (Å²) >= 11 is 0. The third kappa shape index (κ3) is 3.32. The SMILES string of the molecule is CCCNC1(C(=O)O)CCC(N2CCOC(C)(C)C2)C1. The zero-order valence-electron chi connectivity index (χ0n) is 12.9. The lowest BCUT2D eigenvalue weighted by atomic mass is 9.96. The molecular formula is C15H28N2O3. The van der Waals surface area contributed by atoms with Gasteiger partial charge in [-0.3, -0.25) is 9.69 Å². The highest BCUT2D eigenvalue weighted by molar-refractivity contribution is 5.79. The Kier molecular flexibility index (Phi) is 4.72. The highest BCUT2D eigenvalue weighted by atomic mass is 16.5. The standard InChI is InChI=1S/C15H28N2O3/c1-4-7-16-15(13(18)19)6-5-12(10-15)17-8-9-20-14(2,3)11-17/h12,16H,4-11H2,1-3H3,(H,18,19). The first-order valence-corrected chi connectivity index (χ1v) is 7.75. The predicted molar refractivity (Wildman–Crippen MR) is 77.9 cm³/mol. The molecule has 5 heteroatoms. The molecule has 5 nitrogen and oxygen atoms in total. The molecule has 2 atom stereocenters. The molecule has 2 fully saturated rings. The van der Waals surface area contributed by atoms with Gasteiger partial charge in [-0.15, -0.1) is 0 Å². The van der Waals surface area contributed by atoms with E-state index in [-0.39, 0.29) is 5.60 Å². The van der Waals surface area contributed by atoms with Gasteiger partial charge in [-0.2, -0.15) is 0 Å². The molecule has 0 spiro atoms. The van der Waals surface area contributed by atoms with Crippen molar-refractivity contribution in [3.05, 3.63) is 0 Å². The van der Waals surface area contributed by atoms with Crippen molar-refractivity contribution in [2.24, 2.45) is 0 Å². The first-order chi connectivity index (χ1) is 9.38. The second-order valence-electron chi connectivity index (χ2n) is 6.79. The smallest absolute Gasteiger partial charge is 0.323 e. The number of ether oxygens (including phenoxy) is 1. The van der Waals surface area contributed by atoms with E-state index < -0.39 is 11.5 Å². The van der Waals surface area contributed by atoms with Gasteiger partial charge in [-0.1, -0.05) is 6.92 Å². The fourth-order valence-corrected chi connectivity index (χ4v) is 3.49. The third-order valence-electron chi connectivity index (χ3n) is 4.58. The molecule has 2 unspecified atom stereocenters. The summed E-state index contributed by atoms with van der Waals surface area (Å²) in [6.45, 7) is 9.60. The van der Waals surface area contributed by atoms with Crippen molar-refractivity contribution >= 4 is 5.97 Å². The third-order valence-corrected chi connectivity index (χ3v) is 4.58. The van der Waals surface area contributed by atoms with Crippen molar-refractivity contribution in [1.29, 1.82) is 0 Å². The molecule has 0 aromatic rings. The molecule has 2 aliphatic rings. The summed E-state index contributed by atoms with van der Waals surface area (Å²) in [4.78, 5) is 14.1. The van der Waals surface area contributed by atoms with E-state index >= 15 is 0 Å². The number of rotatable bonds is 5. The molecule has 20 heavy (non-hydrogen) atoms. The number of hydrogen-bond acceptors (Lipinski definition) is 4. The van der Waals surface area contributed by atoms with E-state index in [0.29, 0.717) is 12.5 Å². The largest absolute Gasteiger partial charge is 0.480 e. The second-order valence-corrected chi connectivity index (χ2v) is 6.79. The van der Waals surface area contributed by atoms with E-state index in [0.717, 1.165) is 45.5 Å². The van der Waals surface area contributed by atoms with Crippen LogP contribution >= 0.6 is 0 Å². The van der Waals surface area contributed by atoms with Crippen LogP contribution in [0, 0.1) is 0 Å². The molecule has 2 rings (SSSR count). The van der Waals surface area contributed by atoms with Crippen LogP contribution in [0.3, 0.4) is 0 Å². The average Bonchev–Trinajstić information content (AvgIpc) is 2.81.